The second-order valence-corrected chi connectivity index (χ2v) is 9.36. The minimum absolute atomic E-state index is 0.0422. The third-order valence-corrected chi connectivity index (χ3v) is 7.05. The number of hydrogen-bond donors (Lipinski definition) is 2. The molecule has 3 saturated heterocycles. The molecule has 31 heavy (non-hydrogen) atoms. The van der Waals surface area contributed by atoms with Crippen molar-refractivity contribution in [3.63, 3.8) is 0 Å². The van der Waals surface area contributed by atoms with E-state index >= 15 is 0 Å². The van der Waals surface area contributed by atoms with Gasteiger partial charge >= 0.3 is 0 Å². The van der Waals surface area contributed by atoms with Gasteiger partial charge in [-0.2, -0.15) is 0 Å². The Morgan fingerprint density at radius 2 is 1.94 bits per heavy atom. The molecule has 166 valence electrons. The van der Waals surface area contributed by atoms with E-state index < -0.39 is 11.5 Å². The Morgan fingerprint density at radius 3 is 2.65 bits per heavy atom. The van der Waals surface area contributed by atoms with Crippen molar-refractivity contribution in [2.24, 2.45) is 5.92 Å². The van der Waals surface area contributed by atoms with Gasteiger partial charge in [-0.25, -0.2) is 4.98 Å². The lowest BCUT2D eigenvalue weighted by atomic mass is 9.87. The highest BCUT2D eigenvalue weighted by Crippen LogP contribution is 2.29. The van der Waals surface area contributed by atoms with E-state index in [2.05, 4.69) is 22.1 Å². The van der Waals surface area contributed by atoms with Gasteiger partial charge in [0, 0.05) is 44.8 Å². The quantitative estimate of drug-likeness (QED) is 0.758. The molecule has 2 aromatic heterocycles. The normalized spacial score (nSPS) is 28.3. The van der Waals surface area contributed by atoms with Crippen LogP contribution in [0.4, 0.5) is 0 Å². The minimum Gasteiger partial charge on any atom is -0.506 e. The number of aromatic nitrogens is 2. The maximum atomic E-state index is 13.3. The molecular weight excluding hydrogens is 396 g/mol. The van der Waals surface area contributed by atoms with Crippen molar-refractivity contribution in [2.75, 3.05) is 19.6 Å². The highest BCUT2D eigenvalue weighted by atomic mass is 16.5. The van der Waals surface area contributed by atoms with E-state index in [4.69, 9.17) is 4.74 Å². The molecule has 2 atom stereocenters. The number of fused-ring (bicyclic) bond motifs is 3. The van der Waals surface area contributed by atoms with Crippen LogP contribution in [0.15, 0.2) is 23.1 Å². The average Bonchev–Trinajstić information content (AvgIpc) is 2.75. The van der Waals surface area contributed by atoms with E-state index in [0.29, 0.717) is 42.2 Å². The van der Waals surface area contributed by atoms with Gasteiger partial charge in [0.2, 0.25) is 0 Å². The smallest absolute Gasteiger partial charge is 0.268 e. The standard InChI is InChI=1S/C23H30N4O4/c1-14-4-6-15(7-5-14)25-22(29)19-20(28)18-3-2-8-24-21(18)27(23(19)30)10-9-26-12-16-11-17(13-26)31-16/h2-3,8,14-17,28H,4-7,9-13H2,1H3,(H,25,29). The van der Waals surface area contributed by atoms with Crippen LogP contribution in [0.2, 0.25) is 0 Å². The first-order valence-corrected chi connectivity index (χ1v) is 11.4. The summed E-state index contributed by atoms with van der Waals surface area (Å²) < 4.78 is 7.22. The SMILES string of the molecule is CC1CCC(NC(=O)c2c(O)c3cccnc3n(CCN3CC4CC(C3)O4)c2=O)CC1. The van der Waals surface area contributed by atoms with Gasteiger partial charge in [-0.05, 0) is 43.7 Å². The second kappa shape index (κ2) is 8.24. The maximum Gasteiger partial charge on any atom is 0.268 e. The van der Waals surface area contributed by atoms with Crippen LogP contribution in [0.25, 0.3) is 11.0 Å². The van der Waals surface area contributed by atoms with Crippen molar-refractivity contribution in [2.45, 2.75) is 63.8 Å². The number of rotatable bonds is 5. The monoisotopic (exact) mass is 426 g/mol. The Kier molecular flexibility index (Phi) is 5.44. The van der Waals surface area contributed by atoms with Crippen LogP contribution in [0.5, 0.6) is 5.75 Å². The van der Waals surface area contributed by atoms with Gasteiger partial charge in [-0.1, -0.05) is 6.92 Å². The van der Waals surface area contributed by atoms with Crippen LogP contribution >= 0.6 is 0 Å². The highest BCUT2D eigenvalue weighted by Gasteiger charge is 2.38. The van der Waals surface area contributed by atoms with Gasteiger partial charge in [0.15, 0.2) is 0 Å². The fourth-order valence-electron chi connectivity index (χ4n) is 5.20. The summed E-state index contributed by atoms with van der Waals surface area (Å²) in [5.74, 6) is -0.107. The van der Waals surface area contributed by atoms with Gasteiger partial charge in [0.1, 0.15) is 17.0 Å². The average molecular weight is 427 g/mol. The van der Waals surface area contributed by atoms with Crippen molar-refractivity contribution in [3.8, 4) is 5.75 Å². The molecule has 5 heterocycles. The Hall–Kier alpha value is -2.45. The molecule has 2 bridgehead atoms. The highest BCUT2D eigenvalue weighted by molar-refractivity contribution is 6.01. The van der Waals surface area contributed by atoms with E-state index in [0.717, 1.165) is 45.2 Å². The van der Waals surface area contributed by atoms with Crippen molar-refractivity contribution < 1.29 is 14.6 Å². The lowest BCUT2D eigenvalue weighted by Crippen LogP contribution is -2.57. The summed E-state index contributed by atoms with van der Waals surface area (Å²) in [6.45, 7) is 5.03. The molecule has 3 aliphatic heterocycles. The number of carbonyl (C=O) groups excluding carboxylic acids is 1. The van der Waals surface area contributed by atoms with Gasteiger partial charge in [-0.3, -0.25) is 19.1 Å². The van der Waals surface area contributed by atoms with Crippen LogP contribution in [-0.2, 0) is 11.3 Å². The lowest BCUT2D eigenvalue weighted by Gasteiger charge is -2.47. The van der Waals surface area contributed by atoms with Crippen LogP contribution < -0.4 is 10.9 Å². The summed E-state index contributed by atoms with van der Waals surface area (Å²) in [6.07, 6.45) is 7.23. The molecule has 6 rings (SSSR count). The summed E-state index contributed by atoms with van der Waals surface area (Å²) in [6, 6.07) is 3.45. The van der Waals surface area contributed by atoms with Crippen molar-refractivity contribution in [3.05, 3.63) is 34.2 Å². The predicted molar refractivity (Wildman–Crippen MR) is 116 cm³/mol. The van der Waals surface area contributed by atoms with Crippen molar-refractivity contribution in [1.29, 1.82) is 0 Å². The Labute approximate surface area is 181 Å². The number of ether oxygens (including phenoxy) is 1. The number of pyridine rings is 2. The van der Waals surface area contributed by atoms with E-state index in [1.165, 1.54) is 4.57 Å². The molecule has 1 saturated carbocycles. The minimum atomic E-state index is -0.492. The third kappa shape index (κ3) is 3.94. The van der Waals surface area contributed by atoms with Crippen LogP contribution in [0, 0.1) is 5.92 Å². The first-order valence-electron chi connectivity index (χ1n) is 11.4. The number of amides is 1. The van der Waals surface area contributed by atoms with E-state index in [-0.39, 0.29) is 17.4 Å². The number of morpholine rings is 1. The van der Waals surface area contributed by atoms with Crippen LogP contribution in [0.1, 0.15) is 49.4 Å². The van der Waals surface area contributed by atoms with E-state index in [1.54, 1.807) is 18.3 Å². The summed E-state index contributed by atoms with van der Waals surface area (Å²) in [4.78, 5) is 33.0. The van der Waals surface area contributed by atoms with E-state index in [1.807, 2.05) is 0 Å². The largest absolute Gasteiger partial charge is 0.506 e. The first kappa shape index (κ1) is 20.5. The summed E-state index contributed by atoms with van der Waals surface area (Å²) >= 11 is 0. The van der Waals surface area contributed by atoms with Crippen LogP contribution in [0.3, 0.4) is 0 Å². The summed E-state index contributed by atoms with van der Waals surface area (Å²) in [5, 5.41) is 14.2. The summed E-state index contributed by atoms with van der Waals surface area (Å²) in [7, 11) is 0. The number of hydrogen-bond acceptors (Lipinski definition) is 6. The molecule has 2 N–H and O–H groups in total. The van der Waals surface area contributed by atoms with Gasteiger partial charge in [0.25, 0.3) is 11.5 Å². The molecular formula is C23H30N4O4. The zero-order valence-electron chi connectivity index (χ0n) is 17.9. The first-order chi connectivity index (χ1) is 15.0. The number of carbonyl (C=O) groups is 1. The third-order valence-electron chi connectivity index (χ3n) is 7.05. The zero-order valence-corrected chi connectivity index (χ0v) is 17.9. The number of aromatic hydroxyl groups is 1. The Bertz CT molecular complexity index is 1030. The van der Waals surface area contributed by atoms with Crippen LogP contribution in [-0.4, -0.2) is 63.3 Å². The lowest BCUT2D eigenvalue weighted by molar-refractivity contribution is -0.180. The number of nitrogens with one attached hydrogen (secondary N) is 1. The fraction of sp³-hybridized carbons (Fsp3) is 0.609. The Balaban J connectivity index is 1.42. The molecule has 0 aromatic carbocycles. The Morgan fingerprint density at radius 1 is 1.23 bits per heavy atom. The van der Waals surface area contributed by atoms with Crippen molar-refractivity contribution >= 4 is 16.9 Å². The van der Waals surface area contributed by atoms with Gasteiger partial charge in [0.05, 0.1) is 17.6 Å². The molecule has 1 amide bonds. The fourth-order valence-corrected chi connectivity index (χ4v) is 5.20. The predicted octanol–water partition coefficient (Wildman–Crippen LogP) is 1.88. The molecule has 1 aliphatic carbocycles. The second-order valence-electron chi connectivity index (χ2n) is 9.36. The summed E-state index contributed by atoms with van der Waals surface area (Å²) in [5.41, 5.74) is -0.251. The molecule has 8 nitrogen and oxygen atoms in total. The molecule has 4 aliphatic rings. The molecule has 4 fully saturated rings. The number of nitrogens with zero attached hydrogens (tertiary/aromatic N) is 3. The molecule has 8 heteroatoms. The maximum absolute atomic E-state index is 13.3. The molecule has 2 aromatic rings. The van der Waals surface area contributed by atoms with Gasteiger partial charge in [-0.15, -0.1) is 0 Å². The number of piperidine rings is 1. The van der Waals surface area contributed by atoms with Crippen molar-refractivity contribution in [1.82, 2.24) is 19.8 Å². The molecule has 0 radical (unpaired) electrons. The molecule has 0 spiro atoms. The molecule has 2 unspecified atom stereocenters. The van der Waals surface area contributed by atoms with Gasteiger partial charge < -0.3 is 15.2 Å². The topological polar surface area (TPSA) is 96.7 Å². The zero-order chi connectivity index (χ0) is 21.5. The van der Waals surface area contributed by atoms with E-state index in [9.17, 15) is 14.7 Å².